The SMILES string of the molecule is Cc1ccc2[nH]c3c(c2c1)CCCC3=NNC(N)=NCc1c(Cl)cccc1Cl.I. The van der Waals surface area contributed by atoms with E-state index in [4.69, 9.17) is 28.9 Å². The molecule has 0 amide bonds. The second kappa shape index (κ2) is 9.36. The van der Waals surface area contributed by atoms with E-state index in [-0.39, 0.29) is 29.9 Å². The molecule has 4 rings (SSSR count). The molecule has 1 aliphatic carbocycles. The van der Waals surface area contributed by atoms with Crippen molar-refractivity contribution in [1.82, 2.24) is 10.4 Å². The number of fused-ring (bicyclic) bond motifs is 3. The van der Waals surface area contributed by atoms with Crippen LogP contribution in [-0.2, 0) is 13.0 Å². The molecule has 4 N–H and O–H groups in total. The lowest BCUT2D eigenvalue weighted by atomic mass is 9.94. The summed E-state index contributed by atoms with van der Waals surface area (Å²) in [5.74, 6) is 0.225. The number of guanidine groups is 1. The fourth-order valence-electron chi connectivity index (χ4n) is 3.54. The summed E-state index contributed by atoms with van der Waals surface area (Å²) in [7, 11) is 0. The van der Waals surface area contributed by atoms with E-state index in [1.165, 1.54) is 16.5 Å². The molecule has 0 spiro atoms. The predicted molar refractivity (Wildman–Crippen MR) is 133 cm³/mol. The van der Waals surface area contributed by atoms with Crippen molar-refractivity contribution in [1.29, 1.82) is 0 Å². The van der Waals surface area contributed by atoms with Gasteiger partial charge in [-0.25, -0.2) is 10.4 Å². The number of halogens is 3. The van der Waals surface area contributed by atoms with Crippen LogP contribution in [0.15, 0.2) is 46.5 Å². The number of aromatic nitrogens is 1. The maximum atomic E-state index is 6.17. The van der Waals surface area contributed by atoms with Crippen molar-refractivity contribution in [2.75, 3.05) is 0 Å². The minimum Gasteiger partial charge on any atom is -0.369 e. The van der Waals surface area contributed by atoms with Gasteiger partial charge in [0, 0.05) is 26.5 Å². The number of hydrazone groups is 1. The van der Waals surface area contributed by atoms with Crippen molar-refractivity contribution in [3.63, 3.8) is 0 Å². The van der Waals surface area contributed by atoms with E-state index in [1.54, 1.807) is 18.2 Å². The first-order valence-electron chi connectivity index (χ1n) is 9.20. The van der Waals surface area contributed by atoms with Gasteiger partial charge in [-0.3, -0.25) is 0 Å². The highest BCUT2D eigenvalue weighted by atomic mass is 127. The van der Waals surface area contributed by atoms with E-state index in [2.05, 4.69) is 45.6 Å². The molecule has 0 saturated carbocycles. The largest absolute Gasteiger partial charge is 0.369 e. The highest BCUT2D eigenvalue weighted by molar-refractivity contribution is 14.0. The van der Waals surface area contributed by atoms with E-state index < -0.39 is 0 Å². The van der Waals surface area contributed by atoms with Gasteiger partial charge in [0.1, 0.15) is 0 Å². The number of aliphatic imine (C=N–C) groups is 1. The number of nitrogens with one attached hydrogen (secondary N) is 2. The molecule has 0 bridgehead atoms. The summed E-state index contributed by atoms with van der Waals surface area (Å²) in [5.41, 5.74) is 15.4. The zero-order valence-corrected chi connectivity index (χ0v) is 19.8. The van der Waals surface area contributed by atoms with Crippen LogP contribution in [0.5, 0.6) is 0 Å². The van der Waals surface area contributed by atoms with Crippen LogP contribution in [0.3, 0.4) is 0 Å². The number of benzene rings is 2. The summed E-state index contributed by atoms with van der Waals surface area (Å²) in [6.45, 7) is 2.40. The second-order valence-corrected chi connectivity index (χ2v) is 7.77. The van der Waals surface area contributed by atoms with Crippen molar-refractivity contribution < 1.29 is 0 Å². The predicted octanol–water partition coefficient (Wildman–Crippen LogP) is 5.55. The van der Waals surface area contributed by atoms with Crippen LogP contribution in [0.25, 0.3) is 10.9 Å². The van der Waals surface area contributed by atoms with Gasteiger partial charge in [0.2, 0.25) is 5.96 Å². The number of nitrogens with zero attached hydrogens (tertiary/aromatic N) is 2. The van der Waals surface area contributed by atoms with Crippen LogP contribution in [0.1, 0.15) is 35.2 Å². The number of aryl methyl sites for hydroxylation is 2. The van der Waals surface area contributed by atoms with Crippen LogP contribution in [-0.4, -0.2) is 16.7 Å². The topological polar surface area (TPSA) is 78.6 Å². The summed E-state index contributed by atoms with van der Waals surface area (Å²) >= 11 is 12.3. The molecule has 0 aliphatic heterocycles. The van der Waals surface area contributed by atoms with Crippen molar-refractivity contribution in [2.24, 2.45) is 15.8 Å². The number of aromatic amines is 1. The monoisotopic (exact) mass is 541 g/mol. The van der Waals surface area contributed by atoms with Gasteiger partial charge in [-0.05, 0) is 56.0 Å². The molecular weight excluding hydrogens is 520 g/mol. The minimum absolute atomic E-state index is 0. The van der Waals surface area contributed by atoms with Crippen molar-refractivity contribution >= 4 is 69.8 Å². The first-order chi connectivity index (χ1) is 13.5. The molecule has 0 atom stereocenters. The second-order valence-electron chi connectivity index (χ2n) is 6.95. The van der Waals surface area contributed by atoms with E-state index in [0.717, 1.165) is 41.7 Å². The molecule has 1 aliphatic rings. The molecular formula is C21H22Cl2IN5. The van der Waals surface area contributed by atoms with Crippen LogP contribution in [0, 0.1) is 6.92 Å². The van der Waals surface area contributed by atoms with Gasteiger partial charge in [0.05, 0.1) is 18.0 Å². The lowest BCUT2D eigenvalue weighted by molar-refractivity contribution is 0.827. The Morgan fingerprint density at radius 2 is 1.93 bits per heavy atom. The zero-order valence-electron chi connectivity index (χ0n) is 15.9. The first-order valence-corrected chi connectivity index (χ1v) is 9.95. The van der Waals surface area contributed by atoms with E-state index >= 15 is 0 Å². The average molecular weight is 542 g/mol. The molecule has 0 saturated heterocycles. The van der Waals surface area contributed by atoms with Crippen molar-refractivity contribution in [3.05, 3.63) is 68.8 Å². The maximum absolute atomic E-state index is 6.17. The zero-order chi connectivity index (χ0) is 19.7. The Labute approximate surface area is 196 Å². The van der Waals surface area contributed by atoms with Crippen LogP contribution in [0.4, 0.5) is 0 Å². The van der Waals surface area contributed by atoms with Gasteiger partial charge in [-0.15, -0.1) is 24.0 Å². The fraction of sp³-hybridized carbons (Fsp3) is 0.238. The number of hydrogen-bond acceptors (Lipinski definition) is 2. The third-order valence-electron chi connectivity index (χ3n) is 4.97. The van der Waals surface area contributed by atoms with Gasteiger partial charge in [0.25, 0.3) is 0 Å². The Hall–Kier alpha value is -1.77. The Balaban J connectivity index is 0.00000240. The maximum Gasteiger partial charge on any atom is 0.209 e. The summed E-state index contributed by atoms with van der Waals surface area (Å²) in [5, 5.41) is 6.93. The van der Waals surface area contributed by atoms with Gasteiger partial charge in [0.15, 0.2) is 0 Å². The van der Waals surface area contributed by atoms with Crippen molar-refractivity contribution in [3.8, 4) is 0 Å². The third kappa shape index (κ3) is 4.70. The Kier molecular flexibility index (Phi) is 7.08. The number of nitrogens with two attached hydrogens (primary N) is 1. The smallest absolute Gasteiger partial charge is 0.209 e. The molecule has 29 heavy (non-hydrogen) atoms. The lowest BCUT2D eigenvalue weighted by Gasteiger charge is -2.14. The van der Waals surface area contributed by atoms with Gasteiger partial charge < -0.3 is 10.7 Å². The number of rotatable bonds is 3. The first kappa shape index (κ1) is 21.9. The quantitative estimate of drug-likeness (QED) is 0.176. The molecule has 0 fully saturated rings. The minimum atomic E-state index is 0. The Bertz CT molecular complexity index is 1080. The van der Waals surface area contributed by atoms with Gasteiger partial charge >= 0.3 is 0 Å². The van der Waals surface area contributed by atoms with Crippen LogP contribution >= 0.6 is 47.2 Å². The molecule has 1 aromatic heterocycles. The third-order valence-corrected chi connectivity index (χ3v) is 5.67. The highest BCUT2D eigenvalue weighted by Crippen LogP contribution is 2.30. The molecule has 152 valence electrons. The van der Waals surface area contributed by atoms with E-state index in [0.29, 0.717) is 16.6 Å². The number of H-pyrrole nitrogens is 1. The summed E-state index contributed by atoms with van der Waals surface area (Å²) < 4.78 is 0. The van der Waals surface area contributed by atoms with E-state index in [9.17, 15) is 0 Å². The summed E-state index contributed by atoms with van der Waals surface area (Å²) in [6, 6.07) is 11.8. The number of hydrogen-bond donors (Lipinski definition) is 3. The molecule has 0 radical (unpaired) electrons. The van der Waals surface area contributed by atoms with Gasteiger partial charge in [-0.1, -0.05) is 40.9 Å². The molecule has 3 aromatic rings. The van der Waals surface area contributed by atoms with Gasteiger partial charge in [-0.2, -0.15) is 5.10 Å². The fourth-order valence-corrected chi connectivity index (χ4v) is 4.06. The molecule has 1 heterocycles. The van der Waals surface area contributed by atoms with Crippen LogP contribution < -0.4 is 11.2 Å². The highest BCUT2D eigenvalue weighted by Gasteiger charge is 2.20. The van der Waals surface area contributed by atoms with E-state index in [1.807, 2.05) is 0 Å². The van der Waals surface area contributed by atoms with Crippen molar-refractivity contribution in [2.45, 2.75) is 32.7 Å². The summed E-state index contributed by atoms with van der Waals surface area (Å²) in [6.07, 6.45) is 2.99. The summed E-state index contributed by atoms with van der Waals surface area (Å²) in [4.78, 5) is 7.81. The average Bonchev–Trinajstić information content (AvgIpc) is 3.04. The molecule has 8 heteroatoms. The molecule has 5 nitrogen and oxygen atoms in total. The van der Waals surface area contributed by atoms with Crippen LogP contribution in [0.2, 0.25) is 10.0 Å². The Morgan fingerprint density at radius 3 is 2.69 bits per heavy atom. The Morgan fingerprint density at radius 1 is 1.17 bits per heavy atom. The normalized spacial score (nSPS) is 15.3. The molecule has 0 unspecified atom stereocenters. The standard InChI is InChI=1S/C21H21Cl2N5.HI/c1-12-8-9-18-14(10-12)13-4-2-7-19(20(13)26-18)27-28-21(24)25-11-15-16(22)5-3-6-17(15)23;/h3,5-6,8-10,26H,2,4,7,11H2,1H3,(H3,24,25,28);1H. The molecule has 2 aromatic carbocycles. The lowest BCUT2D eigenvalue weighted by Crippen LogP contribution is -2.29.